The fourth-order valence-electron chi connectivity index (χ4n) is 1.42. The van der Waals surface area contributed by atoms with Gasteiger partial charge in [0, 0.05) is 5.88 Å². The third-order valence-corrected chi connectivity index (χ3v) is 2.45. The second-order valence-corrected chi connectivity index (χ2v) is 5.37. The van der Waals surface area contributed by atoms with E-state index in [0.29, 0.717) is 11.4 Å². The van der Waals surface area contributed by atoms with Gasteiger partial charge in [-0.2, -0.15) is 0 Å². The van der Waals surface area contributed by atoms with Crippen molar-refractivity contribution in [3.63, 3.8) is 0 Å². The fraction of sp³-hybridized carbons (Fsp3) is 0.500. The van der Waals surface area contributed by atoms with E-state index in [4.69, 9.17) is 16.3 Å². The molecule has 0 amide bonds. The summed E-state index contributed by atoms with van der Waals surface area (Å²) in [7, 11) is 0. The number of hydrogen-bond donors (Lipinski definition) is 0. The van der Waals surface area contributed by atoms with E-state index in [2.05, 4.69) is 0 Å². The van der Waals surface area contributed by atoms with Gasteiger partial charge in [0.1, 0.15) is 5.60 Å². The SMILES string of the molecule is CC(C)(C)OC(=O)c1ccc(CCCCl)cc1. The third kappa shape index (κ3) is 5.22. The molecule has 0 bridgehead atoms. The zero-order valence-corrected chi connectivity index (χ0v) is 11.4. The van der Waals surface area contributed by atoms with Crippen molar-refractivity contribution >= 4 is 17.6 Å². The van der Waals surface area contributed by atoms with Gasteiger partial charge >= 0.3 is 5.97 Å². The maximum Gasteiger partial charge on any atom is 0.338 e. The molecule has 17 heavy (non-hydrogen) atoms. The Labute approximate surface area is 108 Å². The Balaban J connectivity index is 2.64. The molecular formula is C14H19ClO2. The lowest BCUT2D eigenvalue weighted by Gasteiger charge is -2.19. The maximum atomic E-state index is 11.7. The van der Waals surface area contributed by atoms with Crippen LogP contribution in [-0.4, -0.2) is 17.5 Å². The number of hydrogen-bond acceptors (Lipinski definition) is 2. The minimum atomic E-state index is -0.450. The van der Waals surface area contributed by atoms with Crippen molar-refractivity contribution in [1.29, 1.82) is 0 Å². The molecule has 0 radical (unpaired) electrons. The van der Waals surface area contributed by atoms with E-state index in [1.165, 1.54) is 5.56 Å². The van der Waals surface area contributed by atoms with Crippen LogP contribution in [0.5, 0.6) is 0 Å². The van der Waals surface area contributed by atoms with E-state index in [1.807, 2.05) is 32.9 Å². The Morgan fingerprint density at radius 1 is 1.24 bits per heavy atom. The summed E-state index contributed by atoms with van der Waals surface area (Å²) in [5, 5.41) is 0. The van der Waals surface area contributed by atoms with Gasteiger partial charge in [-0.1, -0.05) is 12.1 Å². The van der Waals surface area contributed by atoms with Crippen molar-refractivity contribution in [3.8, 4) is 0 Å². The van der Waals surface area contributed by atoms with Crippen LogP contribution in [0.2, 0.25) is 0 Å². The van der Waals surface area contributed by atoms with Crippen LogP contribution >= 0.6 is 11.6 Å². The maximum absolute atomic E-state index is 11.7. The minimum absolute atomic E-state index is 0.276. The highest BCUT2D eigenvalue weighted by atomic mass is 35.5. The summed E-state index contributed by atoms with van der Waals surface area (Å²) in [5.41, 5.74) is 1.33. The molecule has 0 heterocycles. The molecule has 0 aliphatic rings. The molecule has 0 aromatic heterocycles. The van der Waals surface area contributed by atoms with E-state index in [1.54, 1.807) is 12.1 Å². The minimum Gasteiger partial charge on any atom is -0.456 e. The van der Waals surface area contributed by atoms with Crippen molar-refractivity contribution in [2.24, 2.45) is 0 Å². The Morgan fingerprint density at radius 2 is 1.82 bits per heavy atom. The van der Waals surface area contributed by atoms with E-state index in [0.717, 1.165) is 12.8 Å². The van der Waals surface area contributed by atoms with Gasteiger partial charge in [0.05, 0.1) is 5.56 Å². The predicted octanol–water partition coefficient (Wildman–Crippen LogP) is 3.81. The van der Waals surface area contributed by atoms with E-state index in [9.17, 15) is 4.79 Å². The lowest BCUT2D eigenvalue weighted by Crippen LogP contribution is -2.23. The number of benzene rings is 1. The van der Waals surface area contributed by atoms with Crippen LogP contribution in [0.4, 0.5) is 0 Å². The van der Waals surface area contributed by atoms with Gasteiger partial charge in [-0.15, -0.1) is 11.6 Å². The molecule has 1 rings (SSSR count). The van der Waals surface area contributed by atoms with Gasteiger partial charge in [-0.3, -0.25) is 0 Å². The second-order valence-electron chi connectivity index (χ2n) is 4.99. The molecule has 0 saturated heterocycles. The molecule has 3 heteroatoms. The van der Waals surface area contributed by atoms with Gasteiger partial charge < -0.3 is 4.74 Å². The molecule has 1 aromatic rings. The van der Waals surface area contributed by atoms with E-state index < -0.39 is 5.60 Å². The molecule has 0 N–H and O–H groups in total. The van der Waals surface area contributed by atoms with E-state index >= 15 is 0 Å². The van der Waals surface area contributed by atoms with Crippen LogP contribution in [0.15, 0.2) is 24.3 Å². The van der Waals surface area contributed by atoms with Gasteiger partial charge in [0.15, 0.2) is 0 Å². The second kappa shape index (κ2) is 6.06. The van der Waals surface area contributed by atoms with Crippen LogP contribution in [0, 0.1) is 0 Å². The largest absolute Gasteiger partial charge is 0.456 e. The quantitative estimate of drug-likeness (QED) is 0.603. The van der Waals surface area contributed by atoms with Crippen molar-refractivity contribution in [2.45, 2.75) is 39.2 Å². The molecule has 94 valence electrons. The van der Waals surface area contributed by atoms with Gasteiger partial charge in [-0.05, 0) is 51.3 Å². The highest BCUT2D eigenvalue weighted by molar-refractivity contribution is 6.17. The molecule has 0 spiro atoms. The Morgan fingerprint density at radius 3 is 2.29 bits per heavy atom. The third-order valence-electron chi connectivity index (χ3n) is 2.19. The van der Waals surface area contributed by atoms with Gasteiger partial charge in [0.25, 0.3) is 0 Å². The highest BCUT2D eigenvalue weighted by Gasteiger charge is 2.17. The first-order valence-electron chi connectivity index (χ1n) is 5.80. The first-order valence-corrected chi connectivity index (χ1v) is 6.34. The molecule has 0 unspecified atom stereocenters. The zero-order chi connectivity index (χ0) is 12.9. The van der Waals surface area contributed by atoms with Crippen LogP contribution in [0.25, 0.3) is 0 Å². The number of ether oxygens (including phenoxy) is 1. The summed E-state index contributed by atoms with van der Waals surface area (Å²) in [4.78, 5) is 11.7. The molecule has 0 fully saturated rings. The fourth-order valence-corrected chi connectivity index (χ4v) is 1.55. The summed E-state index contributed by atoms with van der Waals surface area (Å²) in [5.74, 6) is 0.384. The smallest absolute Gasteiger partial charge is 0.338 e. The molecule has 0 aliphatic carbocycles. The molecule has 0 atom stereocenters. The predicted molar refractivity (Wildman–Crippen MR) is 70.7 cm³/mol. The molecule has 0 aliphatic heterocycles. The summed E-state index contributed by atoms with van der Waals surface area (Å²) in [6.45, 7) is 5.58. The summed E-state index contributed by atoms with van der Waals surface area (Å²) in [6, 6.07) is 7.51. The van der Waals surface area contributed by atoms with Crippen molar-refractivity contribution in [1.82, 2.24) is 0 Å². The van der Waals surface area contributed by atoms with Crippen LogP contribution < -0.4 is 0 Å². The van der Waals surface area contributed by atoms with Gasteiger partial charge in [0.2, 0.25) is 0 Å². The van der Waals surface area contributed by atoms with Crippen molar-refractivity contribution in [3.05, 3.63) is 35.4 Å². The average molecular weight is 255 g/mol. The zero-order valence-electron chi connectivity index (χ0n) is 10.6. The number of esters is 1. The molecule has 1 aromatic carbocycles. The number of carbonyl (C=O) groups is 1. The average Bonchev–Trinajstić information content (AvgIpc) is 2.24. The number of aryl methyl sites for hydroxylation is 1. The summed E-state index contributed by atoms with van der Waals surface area (Å²) in [6.07, 6.45) is 1.89. The monoisotopic (exact) mass is 254 g/mol. The number of alkyl halides is 1. The molecule has 0 saturated carbocycles. The first kappa shape index (κ1) is 14.0. The first-order chi connectivity index (χ1) is 7.92. The lowest BCUT2D eigenvalue weighted by molar-refractivity contribution is 0.00695. The van der Waals surface area contributed by atoms with E-state index in [-0.39, 0.29) is 5.97 Å². The molecular weight excluding hydrogens is 236 g/mol. The van der Waals surface area contributed by atoms with Crippen molar-refractivity contribution in [2.75, 3.05) is 5.88 Å². The lowest BCUT2D eigenvalue weighted by atomic mass is 10.1. The number of halogens is 1. The molecule has 2 nitrogen and oxygen atoms in total. The number of rotatable bonds is 4. The van der Waals surface area contributed by atoms with Crippen LogP contribution in [-0.2, 0) is 11.2 Å². The standard InChI is InChI=1S/C14H19ClO2/c1-14(2,3)17-13(16)12-8-6-11(7-9-12)5-4-10-15/h6-9H,4-5,10H2,1-3H3. The number of carbonyl (C=O) groups excluding carboxylic acids is 1. The highest BCUT2D eigenvalue weighted by Crippen LogP contribution is 2.13. The Hall–Kier alpha value is -1.02. The summed E-state index contributed by atoms with van der Waals surface area (Å²) >= 11 is 5.63. The van der Waals surface area contributed by atoms with Crippen molar-refractivity contribution < 1.29 is 9.53 Å². The summed E-state index contributed by atoms with van der Waals surface area (Å²) < 4.78 is 5.28. The van der Waals surface area contributed by atoms with Crippen LogP contribution in [0.3, 0.4) is 0 Å². The Kier molecular flexibility index (Phi) is 5.01. The normalized spacial score (nSPS) is 11.3. The topological polar surface area (TPSA) is 26.3 Å². The Bertz CT molecular complexity index is 363. The van der Waals surface area contributed by atoms with Crippen LogP contribution in [0.1, 0.15) is 43.1 Å². The van der Waals surface area contributed by atoms with Gasteiger partial charge in [-0.25, -0.2) is 4.79 Å².